The van der Waals surface area contributed by atoms with Gasteiger partial charge in [0, 0.05) is 5.02 Å². The molecule has 0 aliphatic rings. The molecule has 2 N–H and O–H groups in total. The molecule has 0 aliphatic carbocycles. The van der Waals surface area contributed by atoms with Gasteiger partial charge < -0.3 is 5.73 Å². The van der Waals surface area contributed by atoms with Gasteiger partial charge in [0.25, 0.3) is 0 Å². The quantitative estimate of drug-likeness (QED) is 0.806. The van der Waals surface area contributed by atoms with Crippen LogP contribution in [0.2, 0.25) is 5.02 Å². The van der Waals surface area contributed by atoms with Gasteiger partial charge in [-0.1, -0.05) is 25.4 Å². The molecule has 0 spiro atoms. The molecule has 0 bridgehead atoms. The summed E-state index contributed by atoms with van der Waals surface area (Å²) < 4.78 is 12.8. The molecule has 80 valence electrons. The third kappa shape index (κ3) is 4.07. The molecule has 1 unspecified atom stereocenters. The van der Waals surface area contributed by atoms with E-state index in [0.717, 1.165) is 12.0 Å². The van der Waals surface area contributed by atoms with Crippen molar-refractivity contribution in [2.75, 3.05) is 7.05 Å². The van der Waals surface area contributed by atoms with Crippen molar-refractivity contribution >= 4 is 11.6 Å². The average molecular weight is 218 g/mol. The Hall–Kier alpha value is -0.600. The van der Waals surface area contributed by atoms with Gasteiger partial charge in [0.1, 0.15) is 5.82 Å². The van der Waals surface area contributed by atoms with E-state index >= 15 is 0 Å². The second-order valence-electron chi connectivity index (χ2n) is 3.01. The highest BCUT2D eigenvalue weighted by Crippen LogP contribution is 2.23. The first-order valence-corrected chi connectivity index (χ1v) is 5.05. The molecule has 1 aromatic carbocycles. The van der Waals surface area contributed by atoms with E-state index in [1.54, 1.807) is 6.07 Å². The van der Waals surface area contributed by atoms with E-state index in [4.69, 9.17) is 11.6 Å². The maximum absolute atomic E-state index is 12.8. The molecule has 0 radical (unpaired) electrons. The SMILES string of the molecule is CCC(C)c1cc(F)cc(Cl)c1.CN. The van der Waals surface area contributed by atoms with Gasteiger partial charge >= 0.3 is 0 Å². The van der Waals surface area contributed by atoms with Crippen molar-refractivity contribution in [3.63, 3.8) is 0 Å². The summed E-state index contributed by atoms with van der Waals surface area (Å²) in [4.78, 5) is 0. The van der Waals surface area contributed by atoms with Crippen LogP contribution in [-0.4, -0.2) is 7.05 Å². The lowest BCUT2D eigenvalue weighted by Crippen LogP contribution is -1.91. The number of rotatable bonds is 2. The normalized spacial score (nSPS) is 11.6. The van der Waals surface area contributed by atoms with E-state index in [0.29, 0.717) is 10.9 Å². The highest BCUT2D eigenvalue weighted by atomic mass is 35.5. The predicted molar refractivity (Wildman–Crippen MR) is 60.2 cm³/mol. The molecule has 0 heterocycles. The highest BCUT2D eigenvalue weighted by molar-refractivity contribution is 6.30. The molecule has 0 saturated carbocycles. The zero-order valence-electron chi connectivity index (χ0n) is 8.85. The molecule has 0 amide bonds. The van der Waals surface area contributed by atoms with E-state index in [1.807, 2.05) is 6.07 Å². The van der Waals surface area contributed by atoms with E-state index in [2.05, 4.69) is 19.6 Å². The molecule has 0 aromatic heterocycles. The zero-order valence-corrected chi connectivity index (χ0v) is 9.61. The molecule has 1 atom stereocenters. The Morgan fingerprint density at radius 2 is 1.93 bits per heavy atom. The minimum absolute atomic E-state index is 0.252. The second-order valence-corrected chi connectivity index (χ2v) is 3.45. The fourth-order valence-electron chi connectivity index (χ4n) is 1.10. The van der Waals surface area contributed by atoms with Crippen LogP contribution in [0.4, 0.5) is 4.39 Å². The summed E-state index contributed by atoms with van der Waals surface area (Å²) in [5, 5.41) is 0.477. The molecular formula is C11H17ClFN. The Balaban J connectivity index is 0.000000791. The second kappa shape index (κ2) is 6.80. The molecule has 0 fully saturated rings. The van der Waals surface area contributed by atoms with Gasteiger partial charge in [0.15, 0.2) is 0 Å². The Morgan fingerprint density at radius 3 is 2.36 bits per heavy atom. The average Bonchev–Trinajstić information content (AvgIpc) is 2.18. The van der Waals surface area contributed by atoms with Crippen LogP contribution in [0.5, 0.6) is 0 Å². The monoisotopic (exact) mass is 217 g/mol. The lowest BCUT2D eigenvalue weighted by Gasteiger charge is -2.08. The summed E-state index contributed by atoms with van der Waals surface area (Å²) >= 11 is 5.71. The highest BCUT2D eigenvalue weighted by Gasteiger charge is 2.05. The largest absolute Gasteiger partial charge is 0.333 e. The third-order valence-corrected chi connectivity index (χ3v) is 2.28. The molecule has 3 heteroatoms. The van der Waals surface area contributed by atoms with Gasteiger partial charge in [0.2, 0.25) is 0 Å². The first-order chi connectivity index (χ1) is 6.63. The van der Waals surface area contributed by atoms with Crippen LogP contribution < -0.4 is 5.73 Å². The van der Waals surface area contributed by atoms with Gasteiger partial charge in [-0.15, -0.1) is 0 Å². The number of hydrogen-bond acceptors (Lipinski definition) is 1. The minimum Gasteiger partial charge on any atom is -0.333 e. The van der Waals surface area contributed by atoms with E-state index in [9.17, 15) is 4.39 Å². The first kappa shape index (κ1) is 13.4. The Labute approximate surface area is 90.1 Å². The van der Waals surface area contributed by atoms with E-state index in [1.165, 1.54) is 13.1 Å². The van der Waals surface area contributed by atoms with Crippen LogP contribution in [0, 0.1) is 5.82 Å². The summed E-state index contributed by atoms with van der Waals surface area (Å²) in [6.45, 7) is 4.13. The lowest BCUT2D eigenvalue weighted by molar-refractivity contribution is 0.620. The molecular weight excluding hydrogens is 201 g/mol. The topological polar surface area (TPSA) is 26.0 Å². The summed E-state index contributed by atoms with van der Waals surface area (Å²) in [5.74, 6) is 0.121. The van der Waals surface area contributed by atoms with Crippen molar-refractivity contribution in [3.05, 3.63) is 34.6 Å². The Kier molecular flexibility index (Phi) is 6.50. The van der Waals surface area contributed by atoms with Gasteiger partial charge in [0.05, 0.1) is 0 Å². The third-order valence-electron chi connectivity index (χ3n) is 2.07. The summed E-state index contributed by atoms with van der Waals surface area (Å²) in [5.41, 5.74) is 5.47. The fourth-order valence-corrected chi connectivity index (χ4v) is 1.33. The van der Waals surface area contributed by atoms with Crippen LogP contribution in [0.25, 0.3) is 0 Å². The maximum atomic E-state index is 12.8. The van der Waals surface area contributed by atoms with Crippen molar-refractivity contribution in [2.45, 2.75) is 26.2 Å². The van der Waals surface area contributed by atoms with Crippen LogP contribution in [0.3, 0.4) is 0 Å². The Morgan fingerprint density at radius 1 is 1.36 bits per heavy atom. The fraction of sp³-hybridized carbons (Fsp3) is 0.455. The van der Waals surface area contributed by atoms with Crippen LogP contribution in [-0.2, 0) is 0 Å². The molecule has 1 aromatic rings. The summed E-state index contributed by atoms with van der Waals surface area (Å²) in [6, 6.07) is 4.69. The zero-order chi connectivity index (χ0) is 11.1. The lowest BCUT2D eigenvalue weighted by atomic mass is 9.99. The van der Waals surface area contributed by atoms with Crippen LogP contribution in [0.15, 0.2) is 18.2 Å². The standard InChI is InChI=1S/C10H12ClF.CH5N/c1-3-7(2)8-4-9(11)6-10(12)5-8;1-2/h4-7H,3H2,1-2H3;2H2,1H3. The maximum Gasteiger partial charge on any atom is 0.124 e. The van der Waals surface area contributed by atoms with Crippen molar-refractivity contribution in [1.82, 2.24) is 0 Å². The molecule has 1 rings (SSSR count). The summed E-state index contributed by atoms with van der Waals surface area (Å²) in [6.07, 6.45) is 1.000. The van der Waals surface area contributed by atoms with Crippen molar-refractivity contribution in [1.29, 1.82) is 0 Å². The predicted octanol–water partition coefficient (Wildman–Crippen LogP) is 3.57. The number of nitrogens with two attached hydrogens (primary N) is 1. The van der Waals surface area contributed by atoms with E-state index in [-0.39, 0.29) is 5.82 Å². The van der Waals surface area contributed by atoms with Crippen LogP contribution in [0.1, 0.15) is 31.7 Å². The van der Waals surface area contributed by atoms with Crippen molar-refractivity contribution < 1.29 is 4.39 Å². The van der Waals surface area contributed by atoms with E-state index < -0.39 is 0 Å². The van der Waals surface area contributed by atoms with Gasteiger partial charge in [-0.05, 0) is 43.1 Å². The molecule has 0 aliphatic heterocycles. The van der Waals surface area contributed by atoms with Gasteiger partial charge in [-0.2, -0.15) is 0 Å². The number of benzene rings is 1. The van der Waals surface area contributed by atoms with Crippen molar-refractivity contribution in [2.24, 2.45) is 5.73 Å². The smallest absolute Gasteiger partial charge is 0.124 e. The van der Waals surface area contributed by atoms with Gasteiger partial charge in [-0.3, -0.25) is 0 Å². The van der Waals surface area contributed by atoms with Gasteiger partial charge in [-0.25, -0.2) is 4.39 Å². The minimum atomic E-state index is -0.252. The van der Waals surface area contributed by atoms with Crippen LogP contribution >= 0.6 is 11.6 Å². The summed E-state index contributed by atoms with van der Waals surface area (Å²) in [7, 11) is 1.50. The molecule has 1 nitrogen and oxygen atoms in total. The molecule has 14 heavy (non-hydrogen) atoms. The number of halogens is 2. The molecule has 0 saturated heterocycles. The number of hydrogen-bond donors (Lipinski definition) is 1. The van der Waals surface area contributed by atoms with Crippen molar-refractivity contribution in [3.8, 4) is 0 Å². The first-order valence-electron chi connectivity index (χ1n) is 4.67. The Bertz CT molecular complexity index is 256.